The van der Waals surface area contributed by atoms with E-state index in [9.17, 15) is 8.42 Å². The lowest BCUT2D eigenvalue weighted by atomic mass is 10.3. The Labute approximate surface area is 125 Å². The van der Waals surface area contributed by atoms with E-state index in [1.54, 1.807) is 25.3 Å². The molecule has 0 spiro atoms. The lowest BCUT2D eigenvalue weighted by Gasteiger charge is -2.13. The normalized spacial score (nSPS) is 11.2. The Balaban J connectivity index is 2.65. The van der Waals surface area contributed by atoms with Crippen LogP contribution in [0.5, 0.6) is 11.5 Å². The van der Waals surface area contributed by atoms with Gasteiger partial charge in [0.15, 0.2) is 0 Å². The van der Waals surface area contributed by atoms with Gasteiger partial charge in [0.05, 0.1) is 45.5 Å². The van der Waals surface area contributed by atoms with E-state index in [1.807, 2.05) is 0 Å². The van der Waals surface area contributed by atoms with Gasteiger partial charge >= 0.3 is 0 Å². The fraction of sp³-hybridized carbons (Fsp3) is 0.538. The van der Waals surface area contributed by atoms with Gasteiger partial charge in [0.2, 0.25) is 10.0 Å². The fourth-order valence-corrected chi connectivity index (χ4v) is 2.46. The molecule has 1 N–H and O–H groups in total. The van der Waals surface area contributed by atoms with Crippen molar-refractivity contribution in [1.82, 2.24) is 0 Å². The molecule has 0 amide bonds. The van der Waals surface area contributed by atoms with Crippen LogP contribution in [0.25, 0.3) is 0 Å². The van der Waals surface area contributed by atoms with Gasteiger partial charge in [0.25, 0.3) is 0 Å². The van der Waals surface area contributed by atoms with Gasteiger partial charge in [-0.2, -0.15) is 0 Å². The number of methoxy groups -OCH3 is 3. The van der Waals surface area contributed by atoms with Crippen LogP contribution in [0.15, 0.2) is 18.2 Å². The van der Waals surface area contributed by atoms with Gasteiger partial charge in [0, 0.05) is 13.2 Å². The molecule has 120 valence electrons. The van der Waals surface area contributed by atoms with E-state index in [0.717, 1.165) is 0 Å². The highest BCUT2D eigenvalue weighted by atomic mass is 32.2. The molecule has 1 aromatic rings. The zero-order valence-electron chi connectivity index (χ0n) is 12.4. The highest BCUT2D eigenvalue weighted by molar-refractivity contribution is 7.92. The maximum atomic E-state index is 12.0. The Morgan fingerprint density at radius 1 is 1.05 bits per heavy atom. The number of sulfonamides is 1. The Morgan fingerprint density at radius 3 is 2.43 bits per heavy atom. The lowest BCUT2D eigenvalue weighted by molar-refractivity contribution is 0.0785. The molecule has 0 heterocycles. The Hall–Kier alpha value is -1.51. The second kappa shape index (κ2) is 8.71. The Morgan fingerprint density at radius 2 is 1.81 bits per heavy atom. The minimum absolute atomic E-state index is 0.0883. The molecule has 0 unspecified atom stereocenters. The zero-order chi connectivity index (χ0) is 15.7. The maximum absolute atomic E-state index is 12.0. The molecule has 1 aromatic carbocycles. The van der Waals surface area contributed by atoms with Crippen LogP contribution in [0.3, 0.4) is 0 Å². The third-order valence-electron chi connectivity index (χ3n) is 2.60. The summed E-state index contributed by atoms with van der Waals surface area (Å²) in [4.78, 5) is 0. The van der Waals surface area contributed by atoms with Crippen LogP contribution >= 0.6 is 0 Å². The van der Waals surface area contributed by atoms with E-state index in [1.165, 1.54) is 14.2 Å². The number of ether oxygens (including phenoxy) is 4. The molecule has 21 heavy (non-hydrogen) atoms. The first-order chi connectivity index (χ1) is 10.0. The summed E-state index contributed by atoms with van der Waals surface area (Å²) in [6, 6.07) is 4.87. The third kappa shape index (κ3) is 6.19. The van der Waals surface area contributed by atoms with Gasteiger partial charge in [-0.1, -0.05) is 0 Å². The van der Waals surface area contributed by atoms with Crippen molar-refractivity contribution in [2.75, 3.05) is 51.6 Å². The summed E-state index contributed by atoms with van der Waals surface area (Å²) in [6.45, 7) is 0.872. The van der Waals surface area contributed by atoms with E-state index in [0.29, 0.717) is 30.4 Å². The average Bonchev–Trinajstić information content (AvgIpc) is 2.46. The SMILES string of the molecule is COCCOCCS(=O)(=O)Nc1cc(OC)ccc1OC. The van der Waals surface area contributed by atoms with Gasteiger partial charge in [0.1, 0.15) is 11.5 Å². The van der Waals surface area contributed by atoms with Crippen LogP contribution < -0.4 is 14.2 Å². The average molecular weight is 319 g/mol. The molecule has 0 bridgehead atoms. The van der Waals surface area contributed by atoms with Crippen LogP contribution in [0.2, 0.25) is 0 Å². The van der Waals surface area contributed by atoms with Gasteiger partial charge in [-0.05, 0) is 12.1 Å². The molecular weight excluding hydrogens is 298 g/mol. The van der Waals surface area contributed by atoms with E-state index >= 15 is 0 Å². The summed E-state index contributed by atoms with van der Waals surface area (Å²) in [5.74, 6) is 0.793. The molecule has 0 aliphatic heterocycles. The van der Waals surface area contributed by atoms with Gasteiger partial charge < -0.3 is 18.9 Å². The topological polar surface area (TPSA) is 83.1 Å². The number of hydrogen-bond donors (Lipinski definition) is 1. The molecule has 0 aromatic heterocycles. The quantitative estimate of drug-likeness (QED) is 0.651. The molecule has 0 aliphatic rings. The molecule has 0 atom stereocenters. The second-order valence-electron chi connectivity index (χ2n) is 4.09. The van der Waals surface area contributed by atoms with E-state index in [2.05, 4.69) is 4.72 Å². The molecule has 0 fully saturated rings. The number of hydrogen-bond acceptors (Lipinski definition) is 6. The smallest absolute Gasteiger partial charge is 0.235 e. The molecular formula is C13H21NO6S. The first-order valence-electron chi connectivity index (χ1n) is 6.31. The summed E-state index contributed by atoms with van der Waals surface area (Å²) in [5, 5.41) is 0. The van der Waals surface area contributed by atoms with Crippen LogP contribution in [0.4, 0.5) is 5.69 Å². The highest BCUT2D eigenvalue weighted by Crippen LogP contribution is 2.29. The van der Waals surface area contributed by atoms with Crippen LogP contribution in [0.1, 0.15) is 0 Å². The first-order valence-corrected chi connectivity index (χ1v) is 7.97. The number of nitrogens with one attached hydrogen (secondary N) is 1. The van der Waals surface area contributed by atoms with Crippen LogP contribution in [0, 0.1) is 0 Å². The predicted octanol–water partition coefficient (Wildman–Crippen LogP) is 1.11. The first kappa shape index (κ1) is 17.5. The van der Waals surface area contributed by atoms with Crippen molar-refractivity contribution in [3.05, 3.63) is 18.2 Å². The minimum atomic E-state index is -3.53. The molecule has 0 saturated carbocycles. The van der Waals surface area contributed by atoms with E-state index in [-0.39, 0.29) is 12.4 Å². The minimum Gasteiger partial charge on any atom is -0.497 e. The lowest BCUT2D eigenvalue weighted by Crippen LogP contribution is -2.21. The molecule has 0 saturated heterocycles. The molecule has 7 nitrogen and oxygen atoms in total. The molecule has 1 rings (SSSR count). The van der Waals surface area contributed by atoms with Crippen molar-refractivity contribution in [2.24, 2.45) is 0 Å². The summed E-state index contributed by atoms with van der Waals surface area (Å²) in [7, 11) is 0.991. The molecule has 0 aliphatic carbocycles. The van der Waals surface area contributed by atoms with Crippen molar-refractivity contribution < 1.29 is 27.4 Å². The number of anilines is 1. The molecule has 8 heteroatoms. The monoisotopic (exact) mass is 319 g/mol. The standard InChI is InChI=1S/C13H21NO6S/c1-17-6-7-20-8-9-21(15,16)14-12-10-11(18-2)4-5-13(12)19-3/h4-5,10,14H,6-9H2,1-3H3. The van der Waals surface area contributed by atoms with Crippen LogP contribution in [-0.2, 0) is 19.5 Å². The second-order valence-corrected chi connectivity index (χ2v) is 5.93. The summed E-state index contributed by atoms with van der Waals surface area (Å²) < 4.78 is 46.6. The van der Waals surface area contributed by atoms with Gasteiger partial charge in [-0.15, -0.1) is 0 Å². The Bertz CT molecular complexity index is 531. The van der Waals surface area contributed by atoms with Crippen molar-refractivity contribution in [3.63, 3.8) is 0 Å². The van der Waals surface area contributed by atoms with Crippen LogP contribution in [-0.4, -0.2) is 55.3 Å². The van der Waals surface area contributed by atoms with Crippen molar-refractivity contribution in [3.8, 4) is 11.5 Å². The predicted molar refractivity (Wildman–Crippen MR) is 79.7 cm³/mol. The molecule has 0 radical (unpaired) electrons. The van der Waals surface area contributed by atoms with Gasteiger partial charge in [-0.3, -0.25) is 4.72 Å². The van der Waals surface area contributed by atoms with Crippen molar-refractivity contribution in [2.45, 2.75) is 0 Å². The Kier molecular flexibility index (Phi) is 7.27. The summed E-state index contributed by atoms with van der Waals surface area (Å²) in [6.07, 6.45) is 0. The summed E-state index contributed by atoms with van der Waals surface area (Å²) >= 11 is 0. The van der Waals surface area contributed by atoms with E-state index < -0.39 is 10.0 Å². The van der Waals surface area contributed by atoms with Crippen molar-refractivity contribution >= 4 is 15.7 Å². The fourth-order valence-electron chi connectivity index (χ4n) is 1.53. The maximum Gasteiger partial charge on any atom is 0.235 e. The largest absolute Gasteiger partial charge is 0.497 e. The third-order valence-corrected chi connectivity index (χ3v) is 3.84. The number of rotatable bonds is 10. The van der Waals surface area contributed by atoms with E-state index in [4.69, 9.17) is 18.9 Å². The summed E-state index contributed by atoms with van der Waals surface area (Å²) in [5.41, 5.74) is 0.328. The zero-order valence-corrected chi connectivity index (χ0v) is 13.2. The van der Waals surface area contributed by atoms with Gasteiger partial charge in [-0.25, -0.2) is 8.42 Å². The number of benzene rings is 1. The van der Waals surface area contributed by atoms with Crippen molar-refractivity contribution in [1.29, 1.82) is 0 Å². The highest BCUT2D eigenvalue weighted by Gasteiger charge is 2.14.